The number of carbonyl (C=O) groups is 1. The van der Waals surface area contributed by atoms with Crippen LogP contribution in [0.15, 0.2) is 84.1 Å². The van der Waals surface area contributed by atoms with Crippen molar-refractivity contribution < 1.29 is 4.79 Å². The van der Waals surface area contributed by atoms with Gasteiger partial charge in [-0.2, -0.15) is 10.1 Å². The molecule has 0 fully saturated rings. The molecule has 182 valence electrons. The van der Waals surface area contributed by atoms with Gasteiger partial charge in [0.05, 0.1) is 17.5 Å². The largest absolute Gasteiger partial charge is 0.369 e. The molecular formula is C30H26N6O. The highest BCUT2D eigenvalue weighted by molar-refractivity contribution is 6.01. The Hall–Kier alpha value is -4.65. The Bertz CT molecular complexity index is 1630. The summed E-state index contributed by atoms with van der Waals surface area (Å²) in [6, 6.07) is 21.9. The number of rotatable bonds is 5. The Kier molecular flexibility index (Phi) is 5.81. The molecule has 0 unspecified atom stereocenters. The van der Waals surface area contributed by atoms with Gasteiger partial charge >= 0.3 is 0 Å². The molecule has 2 aromatic carbocycles. The Balaban J connectivity index is 1.40. The van der Waals surface area contributed by atoms with Crippen molar-refractivity contribution in [2.24, 2.45) is 4.99 Å². The Morgan fingerprint density at radius 1 is 0.973 bits per heavy atom. The zero-order valence-corrected chi connectivity index (χ0v) is 20.8. The number of carbonyl (C=O) groups excluding carboxylic acids is 1. The van der Waals surface area contributed by atoms with Gasteiger partial charge in [-0.05, 0) is 65.9 Å². The lowest BCUT2D eigenvalue weighted by Crippen LogP contribution is -2.09. The molecule has 5 aromatic rings. The summed E-state index contributed by atoms with van der Waals surface area (Å²) in [5.41, 5.74) is 8.86. The third-order valence-electron chi connectivity index (χ3n) is 6.63. The van der Waals surface area contributed by atoms with Crippen LogP contribution in [0.25, 0.3) is 44.5 Å². The third-order valence-corrected chi connectivity index (χ3v) is 6.63. The first-order valence-corrected chi connectivity index (χ1v) is 12.3. The van der Waals surface area contributed by atoms with E-state index in [1.54, 1.807) is 4.90 Å². The summed E-state index contributed by atoms with van der Waals surface area (Å²) in [5.74, 6) is -0.262. The molecule has 3 aromatic heterocycles. The molecule has 0 saturated carbocycles. The molecule has 7 nitrogen and oxygen atoms in total. The minimum Gasteiger partial charge on any atom is -0.369 e. The smallest absolute Gasteiger partial charge is 0.278 e. The first-order valence-electron chi connectivity index (χ1n) is 12.3. The van der Waals surface area contributed by atoms with Crippen molar-refractivity contribution in [3.05, 3.63) is 90.4 Å². The molecule has 37 heavy (non-hydrogen) atoms. The van der Waals surface area contributed by atoms with Crippen molar-refractivity contribution in [2.75, 3.05) is 14.1 Å². The average molecular weight is 487 g/mol. The molecule has 1 amide bonds. The van der Waals surface area contributed by atoms with E-state index in [0.717, 1.165) is 63.9 Å². The number of hydrogen-bond donors (Lipinski definition) is 0. The van der Waals surface area contributed by atoms with Crippen LogP contribution in [0.2, 0.25) is 0 Å². The van der Waals surface area contributed by atoms with Gasteiger partial charge in [-0.25, -0.2) is 0 Å². The predicted octanol–water partition coefficient (Wildman–Crippen LogP) is 5.50. The van der Waals surface area contributed by atoms with E-state index in [0.29, 0.717) is 5.56 Å². The van der Waals surface area contributed by atoms with E-state index < -0.39 is 0 Å². The van der Waals surface area contributed by atoms with Crippen LogP contribution in [0.4, 0.5) is 0 Å². The number of hydrogen-bond acceptors (Lipinski definition) is 4. The Morgan fingerprint density at radius 3 is 2.59 bits per heavy atom. The molecule has 0 radical (unpaired) electrons. The van der Waals surface area contributed by atoms with E-state index in [2.05, 4.69) is 38.9 Å². The van der Waals surface area contributed by atoms with Gasteiger partial charge in [-0.1, -0.05) is 30.3 Å². The molecule has 0 saturated heterocycles. The van der Waals surface area contributed by atoms with Crippen LogP contribution >= 0.6 is 0 Å². The van der Waals surface area contributed by atoms with Crippen molar-refractivity contribution in [2.45, 2.75) is 19.4 Å². The second-order valence-electron chi connectivity index (χ2n) is 9.39. The third kappa shape index (κ3) is 4.29. The summed E-state index contributed by atoms with van der Waals surface area (Å²) >= 11 is 0. The van der Waals surface area contributed by atoms with E-state index in [-0.39, 0.29) is 5.91 Å². The number of fused-ring (bicyclic) bond motifs is 2. The number of benzene rings is 2. The molecule has 6 rings (SSSR count). The molecule has 1 aliphatic heterocycles. The van der Waals surface area contributed by atoms with Crippen LogP contribution in [0, 0.1) is 0 Å². The summed E-state index contributed by atoms with van der Waals surface area (Å²) in [6.07, 6.45) is 7.30. The lowest BCUT2D eigenvalue weighted by atomic mass is 9.95. The van der Waals surface area contributed by atoms with E-state index in [9.17, 15) is 4.79 Å². The average Bonchev–Trinajstić information content (AvgIpc) is 3.53. The minimum atomic E-state index is -0.262. The van der Waals surface area contributed by atoms with Crippen LogP contribution in [0.5, 0.6) is 0 Å². The van der Waals surface area contributed by atoms with Crippen LogP contribution in [0.1, 0.15) is 22.5 Å². The second kappa shape index (κ2) is 9.43. The van der Waals surface area contributed by atoms with Crippen molar-refractivity contribution in [1.29, 1.82) is 0 Å². The molecule has 0 N–H and O–H groups in total. The van der Waals surface area contributed by atoms with Gasteiger partial charge in [0.15, 0.2) is 0 Å². The molecule has 4 heterocycles. The number of amides is 1. The summed E-state index contributed by atoms with van der Waals surface area (Å²) in [6.45, 7) is 0.932. The maximum absolute atomic E-state index is 12.3. The quantitative estimate of drug-likeness (QED) is 0.242. The fraction of sp³-hybridized carbons (Fsp3) is 0.167. The maximum Gasteiger partial charge on any atom is 0.278 e. The van der Waals surface area contributed by atoms with Crippen molar-refractivity contribution in [3.63, 3.8) is 0 Å². The maximum atomic E-state index is 12.3. The van der Waals surface area contributed by atoms with Crippen molar-refractivity contribution in [1.82, 2.24) is 24.6 Å². The number of aryl methyl sites for hydroxylation is 1. The molecule has 1 aliphatic rings. The van der Waals surface area contributed by atoms with Gasteiger partial charge in [-0.3, -0.25) is 19.4 Å². The van der Waals surface area contributed by atoms with Gasteiger partial charge in [0, 0.05) is 55.2 Å². The highest BCUT2D eigenvalue weighted by atomic mass is 16.1. The second-order valence-corrected chi connectivity index (χ2v) is 9.39. The number of pyridine rings is 2. The minimum absolute atomic E-state index is 0.262. The molecular weight excluding hydrogens is 460 g/mol. The molecule has 7 heteroatoms. The molecule has 0 atom stereocenters. The van der Waals surface area contributed by atoms with Gasteiger partial charge in [0.25, 0.3) is 5.91 Å². The SMILES string of the molecule is CN(C)/C=N\C(=O)c1ccc(-c2ccc3c(-c4c(-c5ccccn5)nn5c4CCC5)ccnc3c2)cc1. The van der Waals surface area contributed by atoms with E-state index in [1.165, 1.54) is 12.0 Å². The lowest BCUT2D eigenvalue weighted by molar-refractivity contribution is 0.100. The first-order chi connectivity index (χ1) is 18.1. The van der Waals surface area contributed by atoms with Crippen molar-refractivity contribution >= 4 is 23.1 Å². The van der Waals surface area contributed by atoms with Gasteiger partial charge < -0.3 is 4.90 Å². The van der Waals surface area contributed by atoms with E-state index in [4.69, 9.17) is 10.1 Å². The standard InChI is InChI=1S/C30H26N6O/c1-35(2)19-33-30(37)21-10-8-20(9-11-21)22-12-13-23-24(14-16-32-26(23)18-22)28-27-7-5-17-36(27)34-29(28)25-6-3-4-15-31-25/h3-4,6,8-16,18-19H,5,7,17H2,1-2H3/b33-19-. The fourth-order valence-electron chi connectivity index (χ4n) is 4.89. The van der Waals surface area contributed by atoms with Crippen LogP contribution in [0.3, 0.4) is 0 Å². The zero-order chi connectivity index (χ0) is 25.4. The van der Waals surface area contributed by atoms with Gasteiger partial charge in [-0.15, -0.1) is 0 Å². The highest BCUT2D eigenvalue weighted by Gasteiger charge is 2.25. The number of aliphatic imine (C=N–C) groups is 1. The predicted molar refractivity (Wildman–Crippen MR) is 146 cm³/mol. The highest BCUT2D eigenvalue weighted by Crippen LogP contribution is 2.40. The monoisotopic (exact) mass is 486 g/mol. The fourth-order valence-corrected chi connectivity index (χ4v) is 4.89. The van der Waals surface area contributed by atoms with Crippen LogP contribution in [-0.2, 0) is 13.0 Å². The number of aromatic nitrogens is 4. The van der Waals surface area contributed by atoms with Crippen LogP contribution in [-0.4, -0.2) is 51.0 Å². The lowest BCUT2D eigenvalue weighted by Gasteiger charge is -2.10. The molecule has 0 bridgehead atoms. The van der Waals surface area contributed by atoms with Crippen LogP contribution < -0.4 is 0 Å². The Morgan fingerprint density at radius 2 is 1.81 bits per heavy atom. The summed E-state index contributed by atoms with van der Waals surface area (Å²) in [7, 11) is 3.66. The summed E-state index contributed by atoms with van der Waals surface area (Å²) in [4.78, 5) is 27.3. The zero-order valence-electron chi connectivity index (χ0n) is 20.8. The van der Waals surface area contributed by atoms with Crippen molar-refractivity contribution in [3.8, 4) is 33.6 Å². The first kappa shape index (κ1) is 22.8. The summed E-state index contributed by atoms with van der Waals surface area (Å²) < 4.78 is 2.13. The molecule has 0 spiro atoms. The molecule has 0 aliphatic carbocycles. The van der Waals surface area contributed by atoms with Gasteiger partial charge in [0.1, 0.15) is 5.69 Å². The van der Waals surface area contributed by atoms with Gasteiger partial charge in [0.2, 0.25) is 0 Å². The normalized spacial score (nSPS) is 12.8. The Labute approximate surface area is 215 Å². The van der Waals surface area contributed by atoms with E-state index in [1.807, 2.05) is 69.0 Å². The number of nitrogens with zero attached hydrogens (tertiary/aromatic N) is 6. The summed E-state index contributed by atoms with van der Waals surface area (Å²) in [5, 5.41) is 6.03. The van der Waals surface area contributed by atoms with E-state index >= 15 is 0 Å². The topological polar surface area (TPSA) is 76.3 Å².